The smallest absolute Gasteiger partial charge is 0 e. The summed E-state index contributed by atoms with van der Waals surface area (Å²) in [5.41, 5.74) is 2.36. The van der Waals surface area contributed by atoms with Gasteiger partial charge in [0.05, 0.1) is 0 Å². The van der Waals surface area contributed by atoms with E-state index in [2.05, 4.69) is 4.98 Å². The van der Waals surface area contributed by atoms with E-state index >= 15 is 0 Å². The second-order valence-corrected chi connectivity index (χ2v) is 6.23. The average Bonchev–Trinajstić information content (AvgIpc) is 2.42. The largest absolute Gasteiger partial charge is 0 e. The molecule has 0 amide bonds. The van der Waals surface area contributed by atoms with Crippen LogP contribution in [0.3, 0.4) is 0 Å². The Kier molecular flexibility index (Phi) is 8.53. The maximum atomic E-state index is 12.6. The Labute approximate surface area is 168 Å². The second kappa shape index (κ2) is 9.35. The van der Waals surface area contributed by atoms with Gasteiger partial charge in [-0.15, -0.1) is 0 Å². The minimum Gasteiger partial charge on any atom is 0 e. The second-order valence-electron chi connectivity index (χ2n) is 5.38. The van der Waals surface area contributed by atoms with Gasteiger partial charge in [-0.3, -0.25) is 0 Å². The molecule has 1 aromatic rings. The first kappa shape index (κ1) is 20.1. The monoisotopic (exact) mass is 541 g/mol. The van der Waals surface area contributed by atoms with E-state index in [1.807, 2.05) is 18.2 Å². The van der Waals surface area contributed by atoms with E-state index in [-0.39, 0.29) is 38.3 Å². The van der Waals surface area contributed by atoms with Crippen LogP contribution in [0.15, 0.2) is 16.9 Å². The van der Waals surface area contributed by atoms with E-state index in [9.17, 15) is 4.79 Å². The molecule has 0 N–H and O–H groups in total. The number of aromatic nitrogens is 2. The molecule has 3 nitrogen and oxygen atoms in total. The fraction of sp³-hybridized carbons (Fsp3) is 0.412. The molecule has 115 valence electrons. The van der Waals surface area contributed by atoms with Crippen LogP contribution >= 0.6 is 0 Å². The zero-order chi connectivity index (χ0) is 15.4. The van der Waals surface area contributed by atoms with Crippen molar-refractivity contribution in [1.29, 1.82) is 0 Å². The fourth-order valence-corrected chi connectivity index (χ4v) is 3.09. The quantitative estimate of drug-likeness (QED) is 0.411. The fourth-order valence-electron chi connectivity index (χ4n) is 2.43. The van der Waals surface area contributed by atoms with Crippen molar-refractivity contribution in [3.05, 3.63) is 52.1 Å². The molecule has 1 heterocycles. The van der Waals surface area contributed by atoms with Gasteiger partial charge in [0, 0.05) is 32.7 Å². The maximum absolute atomic E-state index is 12.6. The van der Waals surface area contributed by atoms with E-state index in [4.69, 9.17) is 6.58 Å². The van der Waals surface area contributed by atoms with Crippen LogP contribution in [-0.4, -0.2) is 14.0 Å². The molecule has 22 heavy (non-hydrogen) atoms. The minimum absolute atomic E-state index is 0. The SMILES string of the molecule is [CH-]=C/C=C(\[CH]=[W])n1c(CC[C-]2CCC2)nc(C)c(C)c1=O.[Y]. The van der Waals surface area contributed by atoms with Crippen molar-refractivity contribution in [1.82, 2.24) is 9.55 Å². The number of hydrogen-bond donors (Lipinski definition) is 0. The van der Waals surface area contributed by atoms with E-state index in [0.29, 0.717) is 5.56 Å². The molecule has 0 atom stereocenters. The van der Waals surface area contributed by atoms with Gasteiger partial charge in [-0.05, 0) is 0 Å². The number of nitrogens with zero attached hydrogens (tertiary/aromatic N) is 2. The topological polar surface area (TPSA) is 34.9 Å². The summed E-state index contributed by atoms with van der Waals surface area (Å²) in [7, 11) is 0. The van der Waals surface area contributed by atoms with Crippen LogP contribution in [0.25, 0.3) is 5.70 Å². The zero-order valence-corrected chi connectivity index (χ0v) is 18.9. The van der Waals surface area contributed by atoms with Crippen LogP contribution in [0.4, 0.5) is 0 Å². The molecule has 1 fully saturated rings. The molecule has 0 unspecified atom stereocenters. The molecule has 1 saturated carbocycles. The van der Waals surface area contributed by atoms with Crippen molar-refractivity contribution < 1.29 is 52.1 Å². The molecule has 0 spiro atoms. The molecule has 0 aromatic carbocycles. The Bertz CT molecular complexity index is 645. The van der Waals surface area contributed by atoms with Gasteiger partial charge in [0.15, 0.2) is 0 Å². The molecule has 1 aliphatic carbocycles. The third kappa shape index (κ3) is 4.52. The molecule has 0 aliphatic heterocycles. The molecular formula is C17H20N2OWY-2. The summed E-state index contributed by atoms with van der Waals surface area (Å²) in [6.45, 7) is 9.25. The Morgan fingerprint density at radius 3 is 2.64 bits per heavy atom. The zero-order valence-electron chi connectivity index (χ0n) is 13.1. The van der Waals surface area contributed by atoms with Crippen molar-refractivity contribution in [3.63, 3.8) is 0 Å². The van der Waals surface area contributed by atoms with Gasteiger partial charge >= 0.3 is 137 Å². The summed E-state index contributed by atoms with van der Waals surface area (Å²) in [5.74, 6) is 2.43. The first-order chi connectivity index (χ1) is 10.1. The van der Waals surface area contributed by atoms with Crippen molar-refractivity contribution in [3.8, 4) is 0 Å². The van der Waals surface area contributed by atoms with E-state index < -0.39 is 0 Å². The van der Waals surface area contributed by atoms with Crippen molar-refractivity contribution >= 4 is 10.1 Å². The molecule has 1 aliphatic rings. The van der Waals surface area contributed by atoms with Crippen molar-refractivity contribution in [2.75, 3.05) is 0 Å². The molecule has 0 bridgehead atoms. The number of allylic oxidation sites excluding steroid dienone is 3. The minimum atomic E-state index is 0. The summed E-state index contributed by atoms with van der Waals surface area (Å²) >= 11 is 1.28. The van der Waals surface area contributed by atoms with Gasteiger partial charge in [0.1, 0.15) is 0 Å². The third-order valence-corrected chi connectivity index (χ3v) is 4.90. The maximum Gasteiger partial charge on any atom is 0 e. The summed E-state index contributed by atoms with van der Waals surface area (Å²) in [5, 5.41) is 0. The van der Waals surface area contributed by atoms with Gasteiger partial charge in [0.2, 0.25) is 0 Å². The Balaban J connectivity index is 0.00000242. The third-order valence-electron chi connectivity index (χ3n) is 4.03. The summed E-state index contributed by atoms with van der Waals surface area (Å²) < 4.78 is 3.69. The molecule has 5 heteroatoms. The summed E-state index contributed by atoms with van der Waals surface area (Å²) in [6.07, 6.45) is 8.87. The van der Waals surface area contributed by atoms with Gasteiger partial charge in [-0.1, -0.05) is 0 Å². The molecule has 2 rings (SSSR count). The molecule has 1 radical (unpaired) electrons. The van der Waals surface area contributed by atoms with E-state index in [1.165, 1.54) is 44.7 Å². The van der Waals surface area contributed by atoms with Gasteiger partial charge in [0.25, 0.3) is 0 Å². The normalized spacial score (nSPS) is 14.9. The Hall–Kier alpha value is 0.0222. The Morgan fingerprint density at radius 2 is 2.14 bits per heavy atom. The van der Waals surface area contributed by atoms with Crippen LogP contribution in [0.2, 0.25) is 0 Å². The Morgan fingerprint density at radius 1 is 1.45 bits per heavy atom. The average molecular weight is 541 g/mol. The summed E-state index contributed by atoms with van der Waals surface area (Å²) in [6, 6.07) is 0. The van der Waals surface area contributed by atoms with Crippen LogP contribution in [0.5, 0.6) is 0 Å². The van der Waals surface area contributed by atoms with Crippen LogP contribution < -0.4 is 5.56 Å². The van der Waals surface area contributed by atoms with Gasteiger partial charge in [-0.25, -0.2) is 0 Å². The molecular weight excluding hydrogens is 521 g/mol. The van der Waals surface area contributed by atoms with E-state index in [0.717, 1.165) is 30.1 Å². The first-order valence-corrected chi connectivity index (χ1v) is 8.91. The summed E-state index contributed by atoms with van der Waals surface area (Å²) in [4.78, 5) is 17.3. The number of hydrogen-bond acceptors (Lipinski definition) is 2. The molecule has 1 aromatic heterocycles. The first-order valence-electron chi connectivity index (χ1n) is 7.22. The molecule has 0 saturated heterocycles. The van der Waals surface area contributed by atoms with Gasteiger partial charge < -0.3 is 0 Å². The standard InChI is InChI=1S/C17H20N2O.W.Y/c1-5-7-12(2)19-16(11-10-15-8-6-9-15)18-14(4)13(3)17(19)20;;/h1-2,5,7H,6,8-11H2,3-4H3;;/q-2;;/b12-7+;;. The van der Waals surface area contributed by atoms with Crippen LogP contribution in [0.1, 0.15) is 42.8 Å². The predicted molar refractivity (Wildman–Crippen MR) is 82.6 cm³/mol. The number of rotatable bonds is 6. The van der Waals surface area contributed by atoms with Crippen LogP contribution in [-0.2, 0) is 58.5 Å². The number of aryl methyl sites for hydroxylation is 2. The van der Waals surface area contributed by atoms with Crippen molar-refractivity contribution in [2.45, 2.75) is 46.0 Å². The van der Waals surface area contributed by atoms with Crippen molar-refractivity contribution in [2.24, 2.45) is 0 Å². The van der Waals surface area contributed by atoms with E-state index in [1.54, 1.807) is 16.6 Å². The predicted octanol–water partition coefficient (Wildman–Crippen LogP) is 2.73. The van der Waals surface area contributed by atoms with Crippen LogP contribution in [0, 0.1) is 26.3 Å². The van der Waals surface area contributed by atoms with Gasteiger partial charge in [-0.2, -0.15) is 0 Å².